The van der Waals surface area contributed by atoms with Crippen LogP contribution in [0.2, 0.25) is 0 Å². The van der Waals surface area contributed by atoms with Crippen LogP contribution in [0.25, 0.3) is 0 Å². The van der Waals surface area contributed by atoms with E-state index < -0.39 is 0 Å². The quantitative estimate of drug-likeness (QED) is 0.228. The molecule has 1 aliphatic rings. The first kappa shape index (κ1) is 25.5. The molecule has 0 bridgehead atoms. The molecule has 1 aliphatic carbocycles. The molecule has 1 aromatic rings. The summed E-state index contributed by atoms with van der Waals surface area (Å²) in [5.41, 5.74) is -0.307. The molecule has 1 saturated carbocycles. The minimum atomic E-state index is -0.347. The lowest BCUT2D eigenvalue weighted by Crippen LogP contribution is -2.43. The number of nitrogens with zero attached hydrogens (tertiary/aromatic N) is 3. The van der Waals surface area contributed by atoms with E-state index in [2.05, 4.69) is 10.6 Å². The summed E-state index contributed by atoms with van der Waals surface area (Å²) >= 11 is 0. The van der Waals surface area contributed by atoms with E-state index in [9.17, 15) is 9.59 Å². The number of carbonyl (C=O) groups is 1. The van der Waals surface area contributed by atoms with Gasteiger partial charge in [0, 0.05) is 46.0 Å². The van der Waals surface area contributed by atoms with E-state index in [-0.39, 0.29) is 40.9 Å². The smallest absolute Gasteiger partial charge is 0.250 e. The van der Waals surface area contributed by atoms with Crippen LogP contribution in [0, 0.1) is 5.41 Å². The number of nitrogens with one attached hydrogen (secondary N) is 2. The fourth-order valence-corrected chi connectivity index (χ4v) is 3.80. The van der Waals surface area contributed by atoms with Gasteiger partial charge in [-0.25, -0.2) is 0 Å². The summed E-state index contributed by atoms with van der Waals surface area (Å²) in [6.07, 6.45) is 7.70. The Labute approximate surface area is 191 Å². The van der Waals surface area contributed by atoms with Gasteiger partial charge in [0.15, 0.2) is 5.96 Å². The molecule has 0 aliphatic heterocycles. The third kappa shape index (κ3) is 7.64. The number of carbonyl (C=O) groups excluding carboxylic acids is 1. The topological polar surface area (TPSA) is 78.7 Å². The van der Waals surface area contributed by atoms with E-state index >= 15 is 0 Å². The van der Waals surface area contributed by atoms with E-state index in [1.54, 1.807) is 21.6 Å². The number of guanidine groups is 1. The van der Waals surface area contributed by atoms with Crippen LogP contribution < -0.4 is 16.2 Å². The highest BCUT2D eigenvalue weighted by molar-refractivity contribution is 14.0. The van der Waals surface area contributed by atoms with Crippen LogP contribution in [0.15, 0.2) is 34.2 Å². The lowest BCUT2D eigenvalue weighted by atomic mass is 9.85. The van der Waals surface area contributed by atoms with Gasteiger partial charge in [-0.2, -0.15) is 0 Å². The largest absolute Gasteiger partial charge is 0.357 e. The molecule has 0 atom stereocenters. The zero-order valence-corrected chi connectivity index (χ0v) is 20.3. The van der Waals surface area contributed by atoms with Gasteiger partial charge in [-0.15, -0.1) is 24.0 Å². The molecule has 0 aromatic carbocycles. The summed E-state index contributed by atoms with van der Waals surface area (Å²) < 4.78 is 1.73. The highest BCUT2D eigenvalue weighted by Crippen LogP contribution is 2.39. The lowest BCUT2D eigenvalue weighted by molar-refractivity contribution is -0.138. The Morgan fingerprint density at radius 2 is 1.93 bits per heavy atom. The van der Waals surface area contributed by atoms with Crippen molar-refractivity contribution in [2.75, 3.05) is 33.7 Å². The molecule has 1 amide bonds. The third-order valence-electron chi connectivity index (χ3n) is 5.32. The van der Waals surface area contributed by atoms with E-state index in [1.165, 1.54) is 0 Å². The van der Waals surface area contributed by atoms with Gasteiger partial charge < -0.3 is 20.1 Å². The van der Waals surface area contributed by atoms with Crippen molar-refractivity contribution in [2.45, 2.75) is 52.0 Å². The van der Waals surface area contributed by atoms with E-state index in [1.807, 2.05) is 33.3 Å². The molecule has 0 saturated heterocycles. The van der Waals surface area contributed by atoms with Crippen molar-refractivity contribution < 1.29 is 4.79 Å². The Hall–Kier alpha value is -1.58. The Balaban J connectivity index is 0.00000420. The minimum Gasteiger partial charge on any atom is -0.357 e. The Morgan fingerprint density at radius 1 is 1.21 bits per heavy atom. The van der Waals surface area contributed by atoms with Crippen LogP contribution in [0.3, 0.4) is 0 Å². The summed E-state index contributed by atoms with van der Waals surface area (Å²) in [5.74, 6) is 0.954. The van der Waals surface area contributed by atoms with Gasteiger partial charge in [0.25, 0.3) is 0 Å². The predicted octanol–water partition coefficient (Wildman–Crippen LogP) is 2.45. The first-order chi connectivity index (χ1) is 13.5. The molecule has 0 radical (unpaired) electrons. The Kier molecular flexibility index (Phi) is 11.3. The number of rotatable bonds is 9. The van der Waals surface area contributed by atoms with Crippen molar-refractivity contribution in [3.05, 3.63) is 34.7 Å². The molecule has 2 N–H and O–H groups in total. The summed E-state index contributed by atoms with van der Waals surface area (Å²) in [4.78, 5) is 30.8. The van der Waals surface area contributed by atoms with Gasteiger partial charge >= 0.3 is 0 Å². The Bertz CT molecular complexity index is 711. The second kappa shape index (κ2) is 12.9. The number of aliphatic imine (C=N–C) groups is 1. The van der Waals surface area contributed by atoms with Crippen molar-refractivity contribution in [1.29, 1.82) is 0 Å². The lowest BCUT2D eigenvalue weighted by Gasteiger charge is -2.29. The van der Waals surface area contributed by atoms with Gasteiger partial charge in [-0.3, -0.25) is 14.6 Å². The van der Waals surface area contributed by atoms with Gasteiger partial charge in [-0.05, 0) is 38.7 Å². The number of hydrogen-bond donors (Lipinski definition) is 2. The molecule has 1 heterocycles. The highest BCUT2D eigenvalue weighted by Gasteiger charge is 2.41. The molecule has 0 spiro atoms. The fourth-order valence-electron chi connectivity index (χ4n) is 3.80. The third-order valence-corrected chi connectivity index (χ3v) is 5.32. The molecular weight excluding hydrogens is 481 g/mol. The molecular formula is C21H36IN5O2. The van der Waals surface area contributed by atoms with E-state index in [4.69, 9.17) is 4.99 Å². The molecule has 2 rings (SSSR count). The standard InChI is InChI=1S/C21H35N5O2.HI/c1-4-22-20(23-14-8-10-16-26-15-9-5-11-18(26)27)24-17-21(12-6-7-13-21)19(28)25(2)3;/h5,9,11,15H,4,6-8,10,12-14,16-17H2,1-3H3,(H2,22,23,24);1H. The second-order valence-corrected chi connectivity index (χ2v) is 7.75. The van der Waals surface area contributed by atoms with Crippen molar-refractivity contribution in [2.24, 2.45) is 10.4 Å². The SMILES string of the molecule is CCNC(=NCC1(C(=O)N(C)C)CCCC1)NCCCCn1ccccc1=O.I. The minimum absolute atomic E-state index is 0. The Morgan fingerprint density at radius 3 is 2.55 bits per heavy atom. The maximum Gasteiger partial charge on any atom is 0.250 e. The van der Waals surface area contributed by atoms with Crippen molar-refractivity contribution in [1.82, 2.24) is 20.1 Å². The van der Waals surface area contributed by atoms with Crippen molar-refractivity contribution in [3.63, 3.8) is 0 Å². The summed E-state index contributed by atoms with van der Waals surface area (Å²) in [6, 6.07) is 5.23. The molecule has 0 unspecified atom stereocenters. The summed E-state index contributed by atoms with van der Waals surface area (Å²) in [5, 5.41) is 6.63. The number of amides is 1. The highest BCUT2D eigenvalue weighted by atomic mass is 127. The van der Waals surface area contributed by atoms with Gasteiger partial charge in [-0.1, -0.05) is 18.9 Å². The predicted molar refractivity (Wildman–Crippen MR) is 129 cm³/mol. The number of unbranched alkanes of at least 4 members (excludes halogenated alkanes) is 1. The fraction of sp³-hybridized carbons (Fsp3) is 0.667. The monoisotopic (exact) mass is 517 g/mol. The second-order valence-electron chi connectivity index (χ2n) is 7.75. The molecule has 8 heteroatoms. The average Bonchev–Trinajstić information content (AvgIpc) is 3.16. The van der Waals surface area contributed by atoms with Crippen LogP contribution >= 0.6 is 24.0 Å². The maximum absolute atomic E-state index is 12.7. The molecule has 1 fully saturated rings. The van der Waals surface area contributed by atoms with E-state index in [0.29, 0.717) is 6.54 Å². The summed E-state index contributed by atoms with van der Waals surface area (Å²) in [6.45, 7) is 4.84. The molecule has 164 valence electrons. The van der Waals surface area contributed by atoms with Crippen LogP contribution in [-0.2, 0) is 11.3 Å². The van der Waals surface area contributed by atoms with Crippen molar-refractivity contribution >= 4 is 35.8 Å². The van der Waals surface area contributed by atoms with Crippen LogP contribution in [0.5, 0.6) is 0 Å². The average molecular weight is 517 g/mol. The number of aryl methyl sites for hydroxylation is 1. The molecule has 29 heavy (non-hydrogen) atoms. The van der Waals surface area contributed by atoms with Gasteiger partial charge in [0.05, 0.1) is 12.0 Å². The van der Waals surface area contributed by atoms with Gasteiger partial charge in [0.2, 0.25) is 11.5 Å². The van der Waals surface area contributed by atoms with E-state index in [0.717, 1.165) is 64.1 Å². The number of pyridine rings is 1. The zero-order chi connectivity index (χ0) is 20.4. The maximum atomic E-state index is 12.7. The molecule has 1 aromatic heterocycles. The number of halogens is 1. The normalized spacial score (nSPS) is 15.5. The summed E-state index contributed by atoms with van der Waals surface area (Å²) in [7, 11) is 3.65. The zero-order valence-electron chi connectivity index (χ0n) is 17.9. The first-order valence-corrected chi connectivity index (χ1v) is 10.4. The van der Waals surface area contributed by atoms with Gasteiger partial charge in [0.1, 0.15) is 0 Å². The molecule has 7 nitrogen and oxygen atoms in total. The van der Waals surface area contributed by atoms with Crippen LogP contribution in [0.4, 0.5) is 0 Å². The van der Waals surface area contributed by atoms with Crippen molar-refractivity contribution in [3.8, 4) is 0 Å². The van der Waals surface area contributed by atoms with Crippen LogP contribution in [-0.4, -0.2) is 55.1 Å². The first-order valence-electron chi connectivity index (χ1n) is 10.4. The number of hydrogen-bond acceptors (Lipinski definition) is 3. The number of aromatic nitrogens is 1. The van der Waals surface area contributed by atoms with Crippen LogP contribution in [0.1, 0.15) is 45.4 Å².